The Hall–Kier alpha value is -1.04. The monoisotopic (exact) mass is 275 g/mol. The van der Waals surface area contributed by atoms with Crippen molar-refractivity contribution in [2.24, 2.45) is 0 Å². The minimum Gasteiger partial charge on any atom is -0.321 e. The van der Waals surface area contributed by atoms with E-state index in [9.17, 15) is 8.78 Å². The molecule has 0 fully saturated rings. The van der Waals surface area contributed by atoms with Crippen LogP contribution >= 0.6 is 15.9 Å². The first-order valence-corrected chi connectivity index (χ1v) is 5.14. The van der Waals surface area contributed by atoms with E-state index in [1.807, 2.05) is 0 Å². The van der Waals surface area contributed by atoms with Gasteiger partial charge in [0.25, 0.3) is 6.43 Å². The fourth-order valence-electron chi connectivity index (χ4n) is 1.46. The summed E-state index contributed by atoms with van der Waals surface area (Å²) in [5.74, 6) is 0.552. The number of imidazole rings is 1. The molecule has 0 spiro atoms. The van der Waals surface area contributed by atoms with Gasteiger partial charge < -0.3 is 4.57 Å². The highest BCUT2D eigenvalue weighted by molar-refractivity contribution is 9.10. The lowest BCUT2D eigenvalue weighted by Crippen LogP contribution is -2.07. The molecular weight excluding hydrogens is 268 g/mol. The lowest BCUT2D eigenvalue weighted by molar-refractivity contribution is 0.127. The molecule has 0 saturated carbocycles. The van der Waals surface area contributed by atoms with E-state index >= 15 is 0 Å². The van der Waals surface area contributed by atoms with Crippen molar-refractivity contribution in [1.82, 2.24) is 14.5 Å². The van der Waals surface area contributed by atoms with E-state index in [1.54, 1.807) is 19.2 Å². The molecule has 0 aliphatic carbocycles. The highest BCUT2D eigenvalue weighted by Gasteiger charge is 2.12. The smallest absolute Gasteiger partial charge is 0.256 e. The molecule has 0 N–H and O–H groups in total. The van der Waals surface area contributed by atoms with Crippen molar-refractivity contribution in [3.8, 4) is 0 Å². The van der Waals surface area contributed by atoms with Crippen molar-refractivity contribution in [1.29, 1.82) is 0 Å². The molecule has 0 bridgehead atoms. The molecule has 0 aliphatic rings. The maximum atomic E-state index is 12.3. The van der Waals surface area contributed by atoms with Gasteiger partial charge in [-0.3, -0.25) is 0 Å². The summed E-state index contributed by atoms with van der Waals surface area (Å²) >= 11 is 3.25. The topological polar surface area (TPSA) is 30.7 Å². The number of pyridine rings is 1. The second kappa shape index (κ2) is 3.84. The van der Waals surface area contributed by atoms with Gasteiger partial charge in [0.1, 0.15) is 5.82 Å². The Balaban J connectivity index is 2.60. The number of halogens is 3. The van der Waals surface area contributed by atoms with Gasteiger partial charge in [-0.15, -0.1) is 0 Å². The first kappa shape index (κ1) is 10.5. The summed E-state index contributed by atoms with van der Waals surface area (Å²) in [5, 5.41) is 0. The first-order valence-electron chi connectivity index (χ1n) is 4.34. The molecule has 80 valence electrons. The molecule has 6 heteroatoms. The number of hydrogen-bond donors (Lipinski definition) is 0. The summed E-state index contributed by atoms with van der Waals surface area (Å²) < 4.78 is 26.9. The van der Waals surface area contributed by atoms with Crippen LogP contribution in [0.3, 0.4) is 0 Å². The van der Waals surface area contributed by atoms with E-state index in [0.29, 0.717) is 17.0 Å². The number of alkyl halides is 2. The maximum absolute atomic E-state index is 12.3. The molecule has 15 heavy (non-hydrogen) atoms. The Bertz CT molecular complexity index is 495. The number of fused-ring (bicyclic) bond motifs is 1. The van der Waals surface area contributed by atoms with E-state index in [2.05, 4.69) is 25.9 Å². The summed E-state index contributed by atoms with van der Waals surface area (Å²) in [6, 6.07) is 1.74. The zero-order chi connectivity index (χ0) is 11.0. The zero-order valence-electron chi connectivity index (χ0n) is 7.91. The van der Waals surface area contributed by atoms with E-state index in [-0.39, 0.29) is 6.54 Å². The van der Waals surface area contributed by atoms with Gasteiger partial charge in [-0.2, -0.15) is 0 Å². The average Bonchev–Trinajstić information content (AvgIpc) is 2.43. The minimum absolute atomic E-state index is 0.347. The third-order valence-electron chi connectivity index (χ3n) is 2.08. The van der Waals surface area contributed by atoms with Crippen molar-refractivity contribution in [2.45, 2.75) is 19.9 Å². The van der Waals surface area contributed by atoms with Gasteiger partial charge in [0.15, 0.2) is 5.65 Å². The number of nitrogens with zero attached hydrogens (tertiary/aromatic N) is 3. The van der Waals surface area contributed by atoms with Crippen LogP contribution in [-0.2, 0) is 6.54 Å². The van der Waals surface area contributed by atoms with Crippen LogP contribution in [0.5, 0.6) is 0 Å². The van der Waals surface area contributed by atoms with Gasteiger partial charge in [0.05, 0.1) is 12.1 Å². The van der Waals surface area contributed by atoms with Crippen LogP contribution in [0.15, 0.2) is 16.7 Å². The minimum atomic E-state index is -2.39. The van der Waals surface area contributed by atoms with Crippen molar-refractivity contribution in [2.75, 3.05) is 0 Å². The van der Waals surface area contributed by atoms with Gasteiger partial charge in [0.2, 0.25) is 0 Å². The summed E-state index contributed by atoms with van der Waals surface area (Å²) in [7, 11) is 0. The zero-order valence-corrected chi connectivity index (χ0v) is 9.50. The van der Waals surface area contributed by atoms with Crippen molar-refractivity contribution >= 4 is 27.1 Å². The Morgan fingerprint density at radius 2 is 2.27 bits per heavy atom. The number of aryl methyl sites for hydroxylation is 1. The molecule has 2 heterocycles. The third-order valence-corrected chi connectivity index (χ3v) is 2.52. The van der Waals surface area contributed by atoms with Crippen LogP contribution in [0, 0.1) is 6.92 Å². The van der Waals surface area contributed by atoms with Crippen LogP contribution in [-0.4, -0.2) is 21.0 Å². The quantitative estimate of drug-likeness (QED) is 0.844. The molecule has 3 nitrogen and oxygen atoms in total. The molecule has 0 aromatic carbocycles. The van der Waals surface area contributed by atoms with Crippen LogP contribution in [0.4, 0.5) is 8.78 Å². The van der Waals surface area contributed by atoms with Gasteiger partial charge in [-0.25, -0.2) is 18.7 Å². The fourth-order valence-corrected chi connectivity index (χ4v) is 1.78. The van der Waals surface area contributed by atoms with E-state index in [1.165, 1.54) is 4.57 Å². The lowest BCUT2D eigenvalue weighted by Gasteiger charge is -2.04. The van der Waals surface area contributed by atoms with Crippen molar-refractivity contribution < 1.29 is 8.78 Å². The molecule has 0 radical (unpaired) electrons. The van der Waals surface area contributed by atoms with Gasteiger partial charge in [-0.1, -0.05) is 0 Å². The van der Waals surface area contributed by atoms with Crippen molar-refractivity contribution in [3.05, 3.63) is 22.6 Å². The SMILES string of the molecule is Cc1nc2ncc(Br)cc2n1CC(F)F. The predicted molar refractivity (Wildman–Crippen MR) is 56.0 cm³/mol. The largest absolute Gasteiger partial charge is 0.321 e. The summed E-state index contributed by atoms with van der Waals surface area (Å²) in [4.78, 5) is 8.15. The molecular formula is C9H8BrF2N3. The fraction of sp³-hybridized carbons (Fsp3) is 0.333. The Morgan fingerprint density at radius 3 is 2.93 bits per heavy atom. The van der Waals surface area contributed by atoms with E-state index in [4.69, 9.17) is 0 Å². The average molecular weight is 276 g/mol. The lowest BCUT2D eigenvalue weighted by atomic mass is 10.4. The van der Waals surface area contributed by atoms with Gasteiger partial charge >= 0.3 is 0 Å². The summed E-state index contributed by atoms with van der Waals surface area (Å²) in [6.07, 6.45) is -0.790. The molecule has 0 saturated heterocycles. The first-order chi connectivity index (χ1) is 7.08. The Kier molecular flexibility index (Phi) is 2.68. The van der Waals surface area contributed by atoms with Crippen molar-refractivity contribution in [3.63, 3.8) is 0 Å². The third kappa shape index (κ3) is 1.99. The second-order valence-electron chi connectivity index (χ2n) is 3.16. The molecule has 0 amide bonds. The number of hydrogen-bond acceptors (Lipinski definition) is 2. The van der Waals surface area contributed by atoms with Crippen LogP contribution < -0.4 is 0 Å². The molecule has 2 aromatic rings. The highest BCUT2D eigenvalue weighted by Crippen LogP contribution is 2.19. The molecule has 2 aromatic heterocycles. The predicted octanol–water partition coefficient (Wildman–Crippen LogP) is 2.77. The Morgan fingerprint density at radius 1 is 1.53 bits per heavy atom. The maximum Gasteiger partial charge on any atom is 0.256 e. The van der Waals surface area contributed by atoms with Gasteiger partial charge in [-0.05, 0) is 28.9 Å². The van der Waals surface area contributed by atoms with Gasteiger partial charge in [0, 0.05) is 10.7 Å². The summed E-state index contributed by atoms with van der Waals surface area (Å²) in [6.45, 7) is 1.35. The molecule has 0 aliphatic heterocycles. The Labute approximate surface area is 93.3 Å². The number of aromatic nitrogens is 3. The van der Waals surface area contributed by atoms with Crippen LogP contribution in [0.1, 0.15) is 5.82 Å². The molecule has 0 unspecified atom stereocenters. The van der Waals surface area contributed by atoms with E-state index in [0.717, 1.165) is 4.47 Å². The van der Waals surface area contributed by atoms with Crippen LogP contribution in [0.2, 0.25) is 0 Å². The standard InChI is InChI=1S/C9H8BrF2N3/c1-5-14-9-7(2-6(10)3-13-9)15(5)4-8(11)12/h2-3,8H,4H2,1H3. The van der Waals surface area contributed by atoms with Crippen LogP contribution in [0.25, 0.3) is 11.2 Å². The summed E-state index contributed by atoms with van der Waals surface area (Å²) in [5.41, 5.74) is 1.12. The van der Waals surface area contributed by atoms with E-state index < -0.39 is 6.43 Å². The number of rotatable bonds is 2. The molecule has 2 rings (SSSR count). The highest BCUT2D eigenvalue weighted by atomic mass is 79.9. The molecule has 0 atom stereocenters. The second-order valence-corrected chi connectivity index (χ2v) is 4.07. The normalized spacial score (nSPS) is 11.5.